The SMILES string of the molecule is CCOC(=O)c1cc(N2CCCC2)cc2c1OCC2. The van der Waals surface area contributed by atoms with Crippen molar-refractivity contribution in [3.63, 3.8) is 0 Å². The van der Waals surface area contributed by atoms with Gasteiger partial charge in [-0.25, -0.2) is 4.79 Å². The Balaban J connectivity index is 1.99. The Hall–Kier alpha value is -1.71. The normalized spacial score (nSPS) is 17.2. The van der Waals surface area contributed by atoms with Crippen LogP contribution in [0.2, 0.25) is 0 Å². The average molecular weight is 261 g/mol. The van der Waals surface area contributed by atoms with Gasteiger partial charge in [-0.05, 0) is 31.9 Å². The van der Waals surface area contributed by atoms with Crippen LogP contribution in [0.3, 0.4) is 0 Å². The maximum absolute atomic E-state index is 12.1. The molecule has 2 heterocycles. The van der Waals surface area contributed by atoms with Gasteiger partial charge in [0.25, 0.3) is 0 Å². The van der Waals surface area contributed by atoms with Crippen LogP contribution in [0, 0.1) is 0 Å². The van der Waals surface area contributed by atoms with Crippen molar-refractivity contribution in [2.75, 3.05) is 31.2 Å². The number of benzene rings is 1. The molecule has 19 heavy (non-hydrogen) atoms. The smallest absolute Gasteiger partial charge is 0.341 e. The van der Waals surface area contributed by atoms with Crippen LogP contribution in [0.4, 0.5) is 5.69 Å². The first-order valence-electron chi connectivity index (χ1n) is 7.01. The van der Waals surface area contributed by atoms with Gasteiger partial charge in [0.2, 0.25) is 0 Å². The van der Waals surface area contributed by atoms with Crippen molar-refractivity contribution in [2.24, 2.45) is 0 Å². The molecule has 0 N–H and O–H groups in total. The van der Waals surface area contributed by atoms with E-state index in [-0.39, 0.29) is 5.97 Å². The molecule has 0 atom stereocenters. The first-order chi connectivity index (χ1) is 9.29. The number of rotatable bonds is 3. The van der Waals surface area contributed by atoms with Crippen LogP contribution in [-0.2, 0) is 11.2 Å². The van der Waals surface area contributed by atoms with Gasteiger partial charge in [-0.3, -0.25) is 0 Å². The predicted molar refractivity (Wildman–Crippen MR) is 73.0 cm³/mol. The van der Waals surface area contributed by atoms with Crippen LogP contribution in [0.1, 0.15) is 35.7 Å². The van der Waals surface area contributed by atoms with E-state index >= 15 is 0 Å². The van der Waals surface area contributed by atoms with Crippen LogP contribution in [0.15, 0.2) is 12.1 Å². The van der Waals surface area contributed by atoms with Crippen LogP contribution >= 0.6 is 0 Å². The van der Waals surface area contributed by atoms with Gasteiger partial charge in [-0.1, -0.05) is 0 Å². The van der Waals surface area contributed by atoms with Gasteiger partial charge >= 0.3 is 5.97 Å². The predicted octanol–water partition coefficient (Wildman–Crippen LogP) is 2.40. The Bertz CT molecular complexity index is 492. The maximum atomic E-state index is 12.1. The van der Waals surface area contributed by atoms with E-state index in [0.29, 0.717) is 18.8 Å². The third-order valence-electron chi connectivity index (χ3n) is 3.73. The Labute approximate surface area is 113 Å². The zero-order valence-corrected chi connectivity index (χ0v) is 11.3. The second-order valence-electron chi connectivity index (χ2n) is 4.99. The number of hydrogen-bond donors (Lipinski definition) is 0. The van der Waals surface area contributed by atoms with Crippen LogP contribution in [0.5, 0.6) is 5.75 Å². The fraction of sp³-hybridized carbons (Fsp3) is 0.533. The Kier molecular flexibility index (Phi) is 3.32. The molecule has 0 aromatic heterocycles. The van der Waals surface area contributed by atoms with Gasteiger partial charge in [0.05, 0.1) is 13.2 Å². The number of carbonyl (C=O) groups excluding carboxylic acids is 1. The highest BCUT2D eigenvalue weighted by Gasteiger charge is 2.25. The first kappa shape index (κ1) is 12.3. The van der Waals surface area contributed by atoms with Crippen molar-refractivity contribution in [1.29, 1.82) is 0 Å². The summed E-state index contributed by atoms with van der Waals surface area (Å²) in [4.78, 5) is 14.4. The summed E-state index contributed by atoms with van der Waals surface area (Å²) in [6.07, 6.45) is 3.33. The van der Waals surface area contributed by atoms with E-state index in [1.54, 1.807) is 0 Å². The molecule has 1 saturated heterocycles. The molecular weight excluding hydrogens is 242 g/mol. The number of anilines is 1. The summed E-state index contributed by atoms with van der Waals surface area (Å²) in [6.45, 7) is 5.01. The molecule has 1 aromatic carbocycles. The minimum absolute atomic E-state index is 0.276. The largest absolute Gasteiger partial charge is 0.492 e. The molecule has 0 radical (unpaired) electrons. The highest BCUT2D eigenvalue weighted by atomic mass is 16.5. The van der Waals surface area contributed by atoms with Crippen LogP contribution in [0.25, 0.3) is 0 Å². The van der Waals surface area contributed by atoms with Crippen LogP contribution < -0.4 is 9.64 Å². The second kappa shape index (κ2) is 5.11. The number of carbonyl (C=O) groups is 1. The van der Waals surface area contributed by atoms with E-state index in [4.69, 9.17) is 9.47 Å². The minimum atomic E-state index is -0.276. The molecule has 1 fully saturated rings. The molecule has 0 spiro atoms. The molecule has 102 valence electrons. The van der Waals surface area contributed by atoms with Gasteiger partial charge in [0.1, 0.15) is 11.3 Å². The number of fused-ring (bicyclic) bond motifs is 1. The third-order valence-corrected chi connectivity index (χ3v) is 3.73. The molecule has 0 saturated carbocycles. The molecule has 2 aliphatic heterocycles. The van der Waals surface area contributed by atoms with Crippen molar-refractivity contribution < 1.29 is 14.3 Å². The third kappa shape index (κ3) is 2.27. The van der Waals surface area contributed by atoms with Crippen molar-refractivity contribution in [1.82, 2.24) is 0 Å². The quantitative estimate of drug-likeness (QED) is 0.783. The van der Waals surface area contributed by atoms with Gasteiger partial charge in [-0.15, -0.1) is 0 Å². The molecule has 0 unspecified atom stereocenters. The fourth-order valence-electron chi connectivity index (χ4n) is 2.81. The number of ether oxygens (including phenoxy) is 2. The first-order valence-corrected chi connectivity index (χ1v) is 7.01. The van der Waals surface area contributed by atoms with Crippen molar-refractivity contribution in [3.05, 3.63) is 23.3 Å². The summed E-state index contributed by atoms with van der Waals surface area (Å²) in [6, 6.07) is 4.09. The van der Waals surface area contributed by atoms with Gasteiger partial charge in [0.15, 0.2) is 0 Å². The summed E-state index contributed by atoms with van der Waals surface area (Å²) in [5.41, 5.74) is 2.84. The Morgan fingerprint density at radius 2 is 2.16 bits per heavy atom. The van der Waals surface area contributed by atoms with Gasteiger partial charge < -0.3 is 14.4 Å². The van der Waals surface area contributed by atoms with Gasteiger partial charge in [-0.2, -0.15) is 0 Å². The molecular formula is C15H19NO3. The average Bonchev–Trinajstić information content (AvgIpc) is 3.08. The Morgan fingerprint density at radius 1 is 1.37 bits per heavy atom. The lowest BCUT2D eigenvalue weighted by atomic mass is 10.1. The van der Waals surface area contributed by atoms with E-state index in [2.05, 4.69) is 11.0 Å². The highest BCUT2D eigenvalue weighted by molar-refractivity contribution is 5.94. The monoisotopic (exact) mass is 261 g/mol. The lowest BCUT2D eigenvalue weighted by Crippen LogP contribution is -2.18. The molecule has 0 bridgehead atoms. The number of esters is 1. The number of nitrogens with zero attached hydrogens (tertiary/aromatic N) is 1. The second-order valence-corrected chi connectivity index (χ2v) is 4.99. The standard InChI is InChI=1S/C15H19NO3/c1-2-18-15(17)13-10-12(16-6-3-4-7-16)9-11-5-8-19-14(11)13/h9-10H,2-8H2,1H3. The topological polar surface area (TPSA) is 38.8 Å². The van der Waals surface area contributed by atoms with Crippen LogP contribution in [-0.4, -0.2) is 32.3 Å². The summed E-state index contributed by atoms with van der Waals surface area (Å²) < 4.78 is 10.7. The maximum Gasteiger partial charge on any atom is 0.341 e. The number of hydrogen-bond acceptors (Lipinski definition) is 4. The zero-order chi connectivity index (χ0) is 13.2. The lowest BCUT2D eigenvalue weighted by molar-refractivity contribution is 0.0522. The summed E-state index contributed by atoms with van der Waals surface area (Å²) >= 11 is 0. The Morgan fingerprint density at radius 3 is 2.89 bits per heavy atom. The van der Waals surface area contributed by atoms with E-state index in [0.717, 1.165) is 36.5 Å². The molecule has 0 aliphatic carbocycles. The van der Waals surface area contributed by atoms with Crippen molar-refractivity contribution in [2.45, 2.75) is 26.2 Å². The highest BCUT2D eigenvalue weighted by Crippen LogP contribution is 2.35. The summed E-state index contributed by atoms with van der Waals surface area (Å²) in [5.74, 6) is 0.447. The molecule has 2 aliphatic rings. The van der Waals surface area contributed by atoms with E-state index in [1.165, 1.54) is 12.8 Å². The van der Waals surface area contributed by atoms with E-state index in [9.17, 15) is 4.79 Å². The molecule has 3 rings (SSSR count). The van der Waals surface area contributed by atoms with Gasteiger partial charge in [0, 0.05) is 30.8 Å². The van der Waals surface area contributed by atoms with Crippen molar-refractivity contribution >= 4 is 11.7 Å². The molecule has 4 heteroatoms. The summed E-state index contributed by atoms with van der Waals surface area (Å²) in [5, 5.41) is 0. The van der Waals surface area contributed by atoms with E-state index in [1.807, 2.05) is 13.0 Å². The molecule has 4 nitrogen and oxygen atoms in total. The van der Waals surface area contributed by atoms with Crippen molar-refractivity contribution in [3.8, 4) is 5.75 Å². The minimum Gasteiger partial charge on any atom is -0.492 e. The zero-order valence-electron chi connectivity index (χ0n) is 11.3. The molecule has 1 aromatic rings. The summed E-state index contributed by atoms with van der Waals surface area (Å²) in [7, 11) is 0. The lowest BCUT2D eigenvalue weighted by Gasteiger charge is -2.19. The van der Waals surface area contributed by atoms with E-state index < -0.39 is 0 Å². The molecule has 0 amide bonds. The fourth-order valence-corrected chi connectivity index (χ4v) is 2.81.